The zero-order chi connectivity index (χ0) is 22.1. The number of nitrogens with two attached hydrogens (primary N) is 1. The molecule has 0 spiro atoms. The van der Waals surface area contributed by atoms with Gasteiger partial charge in [0, 0.05) is 18.2 Å². The van der Waals surface area contributed by atoms with Gasteiger partial charge in [-0.25, -0.2) is 14.8 Å². The number of hydrogen-bond donors (Lipinski definition) is 1. The van der Waals surface area contributed by atoms with Gasteiger partial charge in [0.1, 0.15) is 28.4 Å². The lowest BCUT2D eigenvalue weighted by molar-refractivity contribution is 0.0338. The Labute approximate surface area is 179 Å². The minimum absolute atomic E-state index is 0.189. The van der Waals surface area contributed by atoms with Gasteiger partial charge in [-0.15, -0.1) is 0 Å². The SMILES string of the molecule is CC[C@H](C)OC(=O)c1c(N)n(-c2cc(OC)cc(OC)c2)c2nc3ccccc3nc12. The van der Waals surface area contributed by atoms with Crippen molar-refractivity contribution in [2.24, 2.45) is 0 Å². The van der Waals surface area contributed by atoms with E-state index in [4.69, 9.17) is 29.9 Å². The lowest BCUT2D eigenvalue weighted by Gasteiger charge is -2.12. The van der Waals surface area contributed by atoms with Crippen LogP contribution in [0.2, 0.25) is 0 Å². The molecule has 0 bridgehead atoms. The summed E-state index contributed by atoms with van der Waals surface area (Å²) in [5.74, 6) is 0.810. The van der Waals surface area contributed by atoms with Crippen LogP contribution in [0.25, 0.3) is 27.9 Å². The normalized spacial score (nSPS) is 12.1. The van der Waals surface area contributed by atoms with Crippen molar-refractivity contribution in [3.05, 3.63) is 48.0 Å². The van der Waals surface area contributed by atoms with Crippen molar-refractivity contribution in [2.75, 3.05) is 20.0 Å². The molecule has 1 atom stereocenters. The maximum atomic E-state index is 13.0. The molecule has 31 heavy (non-hydrogen) atoms. The van der Waals surface area contributed by atoms with Crippen molar-refractivity contribution < 1.29 is 19.0 Å². The third-order valence-corrected chi connectivity index (χ3v) is 5.18. The first kappa shape index (κ1) is 20.5. The van der Waals surface area contributed by atoms with Gasteiger partial charge in [-0.05, 0) is 25.5 Å². The lowest BCUT2D eigenvalue weighted by Crippen LogP contribution is -2.15. The zero-order valence-corrected chi connectivity index (χ0v) is 17.9. The topological polar surface area (TPSA) is 101 Å². The van der Waals surface area contributed by atoms with E-state index < -0.39 is 5.97 Å². The first-order chi connectivity index (χ1) is 15.0. The van der Waals surface area contributed by atoms with Gasteiger partial charge in [-0.3, -0.25) is 4.57 Å². The standard InChI is InChI=1S/C23H24N4O4/c1-5-13(2)31-23(28)19-20-22(26-18-9-7-6-8-17(18)25-20)27(21(19)24)14-10-15(29-3)12-16(11-14)30-4/h6-13H,5,24H2,1-4H3/t13-/m0/s1. The Morgan fingerprint density at radius 3 is 2.26 bits per heavy atom. The fourth-order valence-corrected chi connectivity index (χ4v) is 3.37. The summed E-state index contributed by atoms with van der Waals surface area (Å²) in [7, 11) is 3.13. The minimum Gasteiger partial charge on any atom is -0.497 e. The predicted octanol–water partition coefficient (Wildman–Crippen LogP) is 4.13. The molecular formula is C23H24N4O4. The highest BCUT2D eigenvalue weighted by molar-refractivity contribution is 6.09. The number of rotatable bonds is 6. The van der Waals surface area contributed by atoms with E-state index in [1.807, 2.05) is 38.1 Å². The minimum atomic E-state index is -0.532. The second-order valence-electron chi connectivity index (χ2n) is 7.18. The Morgan fingerprint density at radius 1 is 1.06 bits per heavy atom. The number of nitrogens with zero attached hydrogens (tertiary/aromatic N) is 3. The Hall–Kier alpha value is -3.81. The molecule has 160 valence electrons. The summed E-state index contributed by atoms with van der Waals surface area (Å²) < 4.78 is 18.1. The first-order valence-corrected chi connectivity index (χ1v) is 9.97. The number of para-hydroxylation sites is 2. The molecule has 0 aliphatic carbocycles. The van der Waals surface area contributed by atoms with Gasteiger partial charge in [-0.2, -0.15) is 0 Å². The van der Waals surface area contributed by atoms with Crippen LogP contribution >= 0.6 is 0 Å². The van der Waals surface area contributed by atoms with Crippen LogP contribution in [0, 0.1) is 0 Å². The molecule has 0 fully saturated rings. The first-order valence-electron chi connectivity index (χ1n) is 9.97. The number of benzene rings is 2. The third-order valence-electron chi connectivity index (χ3n) is 5.18. The van der Waals surface area contributed by atoms with E-state index in [-0.39, 0.29) is 17.5 Å². The van der Waals surface area contributed by atoms with Crippen molar-refractivity contribution in [2.45, 2.75) is 26.4 Å². The van der Waals surface area contributed by atoms with Crippen molar-refractivity contribution in [1.29, 1.82) is 0 Å². The molecule has 2 aromatic heterocycles. The van der Waals surface area contributed by atoms with Crippen LogP contribution in [0.3, 0.4) is 0 Å². The molecule has 4 aromatic rings. The van der Waals surface area contributed by atoms with Gasteiger partial charge in [0.05, 0.1) is 37.0 Å². The van der Waals surface area contributed by atoms with Gasteiger partial charge in [-0.1, -0.05) is 19.1 Å². The smallest absolute Gasteiger partial charge is 0.344 e. The second kappa shape index (κ2) is 8.14. The molecule has 0 aliphatic rings. The number of carbonyl (C=O) groups is 1. The molecule has 8 nitrogen and oxygen atoms in total. The van der Waals surface area contributed by atoms with E-state index in [1.165, 1.54) is 0 Å². The van der Waals surface area contributed by atoms with Crippen molar-refractivity contribution in [1.82, 2.24) is 14.5 Å². The number of fused-ring (bicyclic) bond motifs is 2. The van der Waals surface area contributed by atoms with E-state index in [0.717, 1.165) is 0 Å². The molecule has 2 N–H and O–H groups in total. The zero-order valence-electron chi connectivity index (χ0n) is 17.9. The van der Waals surface area contributed by atoms with Crippen LogP contribution in [0.4, 0.5) is 5.82 Å². The van der Waals surface area contributed by atoms with Crippen LogP contribution in [0.1, 0.15) is 30.6 Å². The number of esters is 1. The molecule has 0 saturated carbocycles. The maximum Gasteiger partial charge on any atom is 0.344 e. The summed E-state index contributed by atoms with van der Waals surface area (Å²) >= 11 is 0. The Bertz CT molecular complexity index is 1260. The summed E-state index contributed by atoms with van der Waals surface area (Å²) in [6.07, 6.45) is 0.432. The van der Waals surface area contributed by atoms with Crippen molar-refractivity contribution >= 4 is 34.0 Å². The summed E-state index contributed by atoms with van der Waals surface area (Å²) in [4.78, 5) is 22.5. The summed E-state index contributed by atoms with van der Waals surface area (Å²) in [6, 6.07) is 12.8. The average Bonchev–Trinajstić information content (AvgIpc) is 3.07. The molecule has 0 saturated heterocycles. The maximum absolute atomic E-state index is 13.0. The van der Waals surface area contributed by atoms with Crippen LogP contribution in [0.15, 0.2) is 42.5 Å². The van der Waals surface area contributed by atoms with Gasteiger partial charge < -0.3 is 19.9 Å². The molecule has 0 aliphatic heterocycles. The molecular weight excluding hydrogens is 396 g/mol. The second-order valence-corrected chi connectivity index (χ2v) is 7.18. The van der Waals surface area contributed by atoms with Crippen LogP contribution in [0.5, 0.6) is 11.5 Å². The van der Waals surface area contributed by atoms with E-state index in [2.05, 4.69) is 0 Å². The van der Waals surface area contributed by atoms with Gasteiger partial charge in [0.25, 0.3) is 0 Å². The Balaban J connectivity index is 2.04. The monoisotopic (exact) mass is 420 g/mol. The third kappa shape index (κ3) is 3.61. The number of methoxy groups -OCH3 is 2. The number of ether oxygens (including phenoxy) is 3. The quantitative estimate of drug-likeness (QED) is 0.468. The van der Waals surface area contributed by atoms with E-state index in [9.17, 15) is 4.79 Å². The van der Waals surface area contributed by atoms with Crippen molar-refractivity contribution in [3.63, 3.8) is 0 Å². The van der Waals surface area contributed by atoms with Crippen molar-refractivity contribution in [3.8, 4) is 17.2 Å². The summed E-state index contributed by atoms with van der Waals surface area (Å²) in [6.45, 7) is 3.78. The fourth-order valence-electron chi connectivity index (χ4n) is 3.37. The van der Waals surface area contributed by atoms with Crippen LogP contribution in [-0.4, -0.2) is 40.8 Å². The van der Waals surface area contributed by atoms with Gasteiger partial charge in [0.2, 0.25) is 0 Å². The number of hydrogen-bond acceptors (Lipinski definition) is 7. The highest BCUT2D eigenvalue weighted by Gasteiger charge is 2.27. The van der Waals surface area contributed by atoms with Crippen LogP contribution < -0.4 is 15.2 Å². The number of carbonyl (C=O) groups excluding carboxylic acids is 1. The van der Waals surface area contributed by atoms with E-state index in [1.54, 1.807) is 37.0 Å². The highest BCUT2D eigenvalue weighted by Crippen LogP contribution is 2.34. The molecule has 4 rings (SSSR count). The predicted molar refractivity (Wildman–Crippen MR) is 119 cm³/mol. The molecule has 0 unspecified atom stereocenters. The summed E-state index contributed by atoms with van der Waals surface area (Å²) in [5.41, 5.74) is 9.51. The Morgan fingerprint density at radius 2 is 1.68 bits per heavy atom. The fraction of sp³-hybridized carbons (Fsp3) is 0.261. The van der Waals surface area contributed by atoms with E-state index >= 15 is 0 Å². The largest absolute Gasteiger partial charge is 0.497 e. The number of anilines is 1. The lowest BCUT2D eigenvalue weighted by atomic mass is 10.2. The molecule has 2 heterocycles. The molecule has 0 amide bonds. The number of aromatic nitrogens is 3. The molecule has 2 aromatic carbocycles. The highest BCUT2D eigenvalue weighted by atomic mass is 16.5. The van der Waals surface area contributed by atoms with Gasteiger partial charge in [0.15, 0.2) is 5.65 Å². The Kier molecular flexibility index (Phi) is 5.37. The molecule has 8 heteroatoms. The van der Waals surface area contributed by atoms with Gasteiger partial charge >= 0.3 is 5.97 Å². The average molecular weight is 420 g/mol. The molecule has 0 radical (unpaired) electrons. The van der Waals surface area contributed by atoms with E-state index in [0.29, 0.717) is 45.8 Å². The van der Waals surface area contributed by atoms with Crippen LogP contribution in [-0.2, 0) is 4.74 Å². The summed E-state index contributed by atoms with van der Waals surface area (Å²) in [5, 5.41) is 0. The number of nitrogen functional groups attached to an aromatic ring is 1.